The highest BCUT2D eigenvalue weighted by atomic mass is 16.3. The van der Waals surface area contributed by atoms with E-state index in [1.165, 1.54) is 6.42 Å². The summed E-state index contributed by atoms with van der Waals surface area (Å²) in [5.74, 6) is 1.66. The quantitative estimate of drug-likeness (QED) is 0.889. The van der Waals surface area contributed by atoms with Gasteiger partial charge >= 0.3 is 0 Å². The Hall–Kier alpha value is -1.29. The summed E-state index contributed by atoms with van der Waals surface area (Å²) in [4.78, 5) is 14.1. The maximum atomic E-state index is 12.2. The van der Waals surface area contributed by atoms with Gasteiger partial charge < -0.3 is 14.6 Å². The average Bonchev–Trinajstić information content (AvgIpc) is 2.83. The Bertz CT molecular complexity index is 392. The van der Waals surface area contributed by atoms with Crippen molar-refractivity contribution in [2.24, 2.45) is 5.92 Å². The van der Waals surface area contributed by atoms with E-state index in [9.17, 15) is 4.79 Å². The normalized spacial score (nSPS) is 17.1. The molecular formula is C14H22N2O2. The van der Waals surface area contributed by atoms with E-state index >= 15 is 0 Å². The summed E-state index contributed by atoms with van der Waals surface area (Å²) in [6.07, 6.45) is 5.00. The summed E-state index contributed by atoms with van der Waals surface area (Å²) >= 11 is 0. The molecule has 2 heterocycles. The van der Waals surface area contributed by atoms with Gasteiger partial charge in [-0.05, 0) is 51.8 Å². The Kier molecular flexibility index (Phi) is 4.42. The zero-order valence-electron chi connectivity index (χ0n) is 11.2. The van der Waals surface area contributed by atoms with Crippen LogP contribution in [0.25, 0.3) is 0 Å². The van der Waals surface area contributed by atoms with Crippen molar-refractivity contribution < 1.29 is 9.21 Å². The number of likely N-dealkylation sites (tertiary alicyclic amines) is 1. The smallest absolute Gasteiger partial charge is 0.257 e. The van der Waals surface area contributed by atoms with Crippen LogP contribution in [-0.4, -0.2) is 37.5 Å². The second kappa shape index (κ2) is 6.05. The molecule has 0 saturated carbocycles. The molecular weight excluding hydrogens is 228 g/mol. The standard InChI is InChI=1S/C14H22N2O2/c1-11-9-13(10-18-11)14(17)16-7-4-12(5-8-16)3-6-15-2/h9-10,12,15H,3-8H2,1-2H3. The number of hydrogen-bond acceptors (Lipinski definition) is 3. The molecule has 100 valence electrons. The fourth-order valence-corrected chi connectivity index (χ4v) is 2.51. The van der Waals surface area contributed by atoms with Crippen molar-refractivity contribution in [3.05, 3.63) is 23.7 Å². The van der Waals surface area contributed by atoms with Crippen LogP contribution in [0, 0.1) is 12.8 Å². The van der Waals surface area contributed by atoms with Crippen LogP contribution >= 0.6 is 0 Å². The molecule has 1 aromatic heterocycles. The monoisotopic (exact) mass is 250 g/mol. The topological polar surface area (TPSA) is 45.5 Å². The number of rotatable bonds is 4. The van der Waals surface area contributed by atoms with Gasteiger partial charge in [-0.2, -0.15) is 0 Å². The third-order valence-electron chi connectivity index (χ3n) is 3.68. The van der Waals surface area contributed by atoms with Crippen molar-refractivity contribution in [1.82, 2.24) is 10.2 Å². The van der Waals surface area contributed by atoms with Gasteiger partial charge in [0.05, 0.1) is 5.56 Å². The molecule has 4 heteroatoms. The van der Waals surface area contributed by atoms with Gasteiger partial charge in [-0.15, -0.1) is 0 Å². The first-order valence-corrected chi connectivity index (χ1v) is 6.69. The maximum absolute atomic E-state index is 12.2. The van der Waals surface area contributed by atoms with E-state index in [-0.39, 0.29) is 5.91 Å². The molecule has 0 aliphatic carbocycles. The lowest BCUT2D eigenvalue weighted by atomic mass is 9.93. The largest absolute Gasteiger partial charge is 0.469 e. The number of nitrogens with zero attached hydrogens (tertiary/aromatic N) is 1. The van der Waals surface area contributed by atoms with Gasteiger partial charge in [0.1, 0.15) is 12.0 Å². The summed E-state index contributed by atoms with van der Waals surface area (Å²) in [5.41, 5.74) is 0.682. The fraction of sp³-hybridized carbons (Fsp3) is 0.643. The van der Waals surface area contributed by atoms with Crippen LogP contribution in [0.5, 0.6) is 0 Å². The van der Waals surface area contributed by atoms with Gasteiger partial charge in [0.2, 0.25) is 0 Å². The van der Waals surface area contributed by atoms with Crippen molar-refractivity contribution in [1.29, 1.82) is 0 Å². The van der Waals surface area contributed by atoms with E-state index < -0.39 is 0 Å². The van der Waals surface area contributed by atoms with Gasteiger partial charge in [-0.1, -0.05) is 0 Å². The van der Waals surface area contributed by atoms with Gasteiger partial charge in [-0.3, -0.25) is 4.79 Å². The molecule has 18 heavy (non-hydrogen) atoms. The molecule has 2 rings (SSSR count). The highest BCUT2D eigenvalue weighted by Crippen LogP contribution is 2.21. The molecule has 1 aliphatic rings. The number of amides is 1. The van der Waals surface area contributed by atoms with E-state index in [0.29, 0.717) is 5.56 Å². The van der Waals surface area contributed by atoms with E-state index in [1.807, 2.05) is 24.9 Å². The summed E-state index contributed by atoms with van der Waals surface area (Å²) in [5, 5.41) is 3.18. The van der Waals surface area contributed by atoms with Crippen LogP contribution in [0.2, 0.25) is 0 Å². The first kappa shape index (κ1) is 13.1. The second-order valence-corrected chi connectivity index (χ2v) is 5.07. The van der Waals surface area contributed by atoms with Gasteiger partial charge in [0, 0.05) is 13.1 Å². The predicted molar refractivity (Wildman–Crippen MR) is 70.6 cm³/mol. The molecule has 0 bridgehead atoms. The van der Waals surface area contributed by atoms with Crippen LogP contribution in [-0.2, 0) is 0 Å². The van der Waals surface area contributed by atoms with Crippen molar-refractivity contribution in [2.75, 3.05) is 26.7 Å². The number of carbonyl (C=O) groups excluding carboxylic acids is 1. The van der Waals surface area contributed by atoms with Crippen molar-refractivity contribution in [2.45, 2.75) is 26.2 Å². The molecule has 1 aliphatic heterocycles. The van der Waals surface area contributed by atoms with E-state index in [1.54, 1.807) is 6.26 Å². The molecule has 1 amide bonds. The minimum Gasteiger partial charge on any atom is -0.469 e. The van der Waals surface area contributed by atoms with Crippen LogP contribution < -0.4 is 5.32 Å². The van der Waals surface area contributed by atoms with Gasteiger partial charge in [0.25, 0.3) is 5.91 Å². The van der Waals surface area contributed by atoms with Crippen molar-refractivity contribution in [3.63, 3.8) is 0 Å². The summed E-state index contributed by atoms with van der Waals surface area (Å²) < 4.78 is 5.19. The highest BCUT2D eigenvalue weighted by Gasteiger charge is 2.24. The molecule has 1 aromatic rings. The molecule has 0 radical (unpaired) electrons. The van der Waals surface area contributed by atoms with Crippen LogP contribution in [0.15, 0.2) is 16.7 Å². The Morgan fingerprint density at radius 1 is 1.50 bits per heavy atom. The molecule has 0 unspecified atom stereocenters. The summed E-state index contributed by atoms with van der Waals surface area (Å²) in [6, 6.07) is 1.81. The summed E-state index contributed by atoms with van der Waals surface area (Å²) in [7, 11) is 1.99. The predicted octanol–water partition coefficient (Wildman–Crippen LogP) is 2.05. The van der Waals surface area contributed by atoms with Crippen LogP contribution in [0.1, 0.15) is 35.4 Å². The van der Waals surface area contributed by atoms with Crippen molar-refractivity contribution in [3.8, 4) is 0 Å². The molecule has 0 aromatic carbocycles. The molecule has 1 N–H and O–H groups in total. The maximum Gasteiger partial charge on any atom is 0.257 e. The molecule has 1 fully saturated rings. The number of nitrogens with one attached hydrogen (secondary N) is 1. The van der Waals surface area contributed by atoms with Crippen LogP contribution in [0.4, 0.5) is 0 Å². The molecule has 0 spiro atoms. The molecule has 4 nitrogen and oxygen atoms in total. The minimum absolute atomic E-state index is 0.110. The van der Waals surface area contributed by atoms with E-state index in [4.69, 9.17) is 4.42 Å². The number of carbonyl (C=O) groups is 1. The van der Waals surface area contributed by atoms with E-state index in [0.717, 1.165) is 44.2 Å². The number of hydrogen-bond donors (Lipinski definition) is 1. The highest BCUT2D eigenvalue weighted by molar-refractivity contribution is 5.94. The van der Waals surface area contributed by atoms with Crippen LogP contribution in [0.3, 0.4) is 0 Å². The SMILES string of the molecule is CNCCC1CCN(C(=O)c2coc(C)c2)CC1. The minimum atomic E-state index is 0.110. The summed E-state index contributed by atoms with van der Waals surface area (Å²) in [6.45, 7) is 4.68. The average molecular weight is 250 g/mol. The zero-order valence-corrected chi connectivity index (χ0v) is 11.2. The van der Waals surface area contributed by atoms with Gasteiger partial charge in [-0.25, -0.2) is 0 Å². The zero-order chi connectivity index (χ0) is 13.0. The Balaban J connectivity index is 1.84. The molecule has 0 atom stereocenters. The Morgan fingerprint density at radius 3 is 2.78 bits per heavy atom. The first-order chi connectivity index (χ1) is 8.70. The Labute approximate surface area is 108 Å². The Morgan fingerprint density at radius 2 is 2.22 bits per heavy atom. The lowest BCUT2D eigenvalue weighted by molar-refractivity contribution is 0.0686. The van der Waals surface area contributed by atoms with E-state index in [2.05, 4.69) is 5.32 Å². The van der Waals surface area contributed by atoms with Crippen molar-refractivity contribution >= 4 is 5.91 Å². The lowest BCUT2D eigenvalue weighted by Gasteiger charge is -2.31. The molecule has 1 saturated heterocycles. The third-order valence-corrected chi connectivity index (χ3v) is 3.68. The number of piperidine rings is 1. The third kappa shape index (κ3) is 3.13. The lowest BCUT2D eigenvalue weighted by Crippen LogP contribution is -2.38. The van der Waals surface area contributed by atoms with Gasteiger partial charge in [0.15, 0.2) is 0 Å². The second-order valence-electron chi connectivity index (χ2n) is 5.07. The fourth-order valence-electron chi connectivity index (χ4n) is 2.51. The number of aryl methyl sites for hydroxylation is 1. The number of furan rings is 1. The first-order valence-electron chi connectivity index (χ1n) is 6.69.